The average molecular weight is 349 g/mol. The van der Waals surface area contributed by atoms with E-state index in [4.69, 9.17) is 0 Å². The molecule has 1 atom stereocenters. The second kappa shape index (κ2) is 5.71. The molecule has 1 saturated heterocycles. The minimum absolute atomic E-state index is 0.0133. The maximum Gasteiger partial charge on any atom is 0.420 e. The number of nitrogens with one attached hydrogen (secondary N) is 1. The van der Waals surface area contributed by atoms with Crippen LogP contribution in [0.5, 0.6) is 5.75 Å². The van der Waals surface area contributed by atoms with E-state index >= 15 is 0 Å². The zero-order chi connectivity index (χ0) is 17.7. The minimum Gasteiger partial charge on any atom is -0.507 e. The zero-order valence-electron chi connectivity index (χ0n) is 13.5. The minimum atomic E-state index is -4.43. The molecule has 7 heteroatoms. The van der Waals surface area contributed by atoms with Crippen molar-refractivity contribution in [3.8, 4) is 5.75 Å². The highest BCUT2D eigenvalue weighted by molar-refractivity contribution is 6.08. The number of alkyl halides is 3. The van der Waals surface area contributed by atoms with Crippen LogP contribution in [-0.2, 0) is 0 Å². The average Bonchev–Trinajstić information content (AvgIpc) is 2.90. The van der Waals surface area contributed by atoms with Crippen molar-refractivity contribution in [2.24, 2.45) is 4.99 Å². The summed E-state index contributed by atoms with van der Waals surface area (Å²) in [6.45, 7) is 1.15. The first-order chi connectivity index (χ1) is 11.9. The molecule has 0 aromatic heterocycles. The third-order valence-corrected chi connectivity index (χ3v) is 5.12. The van der Waals surface area contributed by atoms with E-state index in [1.165, 1.54) is 4.90 Å². The Labute approximate surface area is 143 Å². The number of nitrogens with zero attached hydrogens (tertiary/aromatic N) is 2. The third-order valence-electron chi connectivity index (χ3n) is 5.12. The van der Waals surface area contributed by atoms with Gasteiger partial charge in [0.25, 0.3) is 0 Å². The first kappa shape index (κ1) is 16.4. The predicted octanol–water partition coefficient (Wildman–Crippen LogP) is 2.90. The Hall–Kier alpha value is -2.12. The van der Waals surface area contributed by atoms with Crippen molar-refractivity contribution in [3.05, 3.63) is 42.0 Å². The van der Waals surface area contributed by atoms with Gasteiger partial charge >= 0.3 is 6.18 Å². The Bertz CT molecular complexity index is 849. The van der Waals surface area contributed by atoms with Crippen LogP contribution in [0.2, 0.25) is 0 Å². The van der Waals surface area contributed by atoms with E-state index in [0.29, 0.717) is 17.5 Å². The van der Waals surface area contributed by atoms with Crippen LogP contribution >= 0.6 is 0 Å². The molecule has 2 aromatic rings. The number of rotatable bonds is 1. The molecule has 4 nitrogen and oxygen atoms in total. The van der Waals surface area contributed by atoms with Crippen LogP contribution in [0.25, 0.3) is 10.8 Å². The Morgan fingerprint density at radius 1 is 1.12 bits per heavy atom. The molecule has 0 radical (unpaired) electrons. The van der Waals surface area contributed by atoms with E-state index in [2.05, 4.69) is 10.3 Å². The SMILES string of the molecule is Oc1c(C2=NCCN3CCNC3(C(F)(F)F)C2)ccc2ccccc12. The highest BCUT2D eigenvalue weighted by Gasteiger charge is 2.61. The van der Waals surface area contributed by atoms with E-state index in [-0.39, 0.29) is 37.5 Å². The molecule has 2 heterocycles. The third kappa shape index (κ3) is 2.49. The van der Waals surface area contributed by atoms with Crippen LogP contribution in [0.1, 0.15) is 12.0 Å². The Kier molecular flexibility index (Phi) is 3.73. The van der Waals surface area contributed by atoms with Gasteiger partial charge in [0.1, 0.15) is 5.75 Å². The molecule has 25 heavy (non-hydrogen) atoms. The van der Waals surface area contributed by atoms with Gasteiger partial charge in [-0.3, -0.25) is 15.2 Å². The van der Waals surface area contributed by atoms with Crippen molar-refractivity contribution in [3.63, 3.8) is 0 Å². The van der Waals surface area contributed by atoms with Gasteiger partial charge in [0.2, 0.25) is 0 Å². The molecule has 0 amide bonds. The summed E-state index contributed by atoms with van der Waals surface area (Å²) in [5.41, 5.74) is -1.45. The van der Waals surface area contributed by atoms with Crippen LogP contribution < -0.4 is 5.32 Å². The normalized spacial score (nSPS) is 24.8. The number of phenolic OH excluding ortho intramolecular Hbond substituents is 1. The number of hydrogen-bond donors (Lipinski definition) is 2. The summed E-state index contributed by atoms with van der Waals surface area (Å²) in [7, 11) is 0. The van der Waals surface area contributed by atoms with Gasteiger partial charge in [0.15, 0.2) is 5.66 Å². The molecule has 4 rings (SSSR count). The van der Waals surface area contributed by atoms with E-state index in [1.54, 1.807) is 24.3 Å². The standard InChI is InChI=1S/C18H18F3N3O/c19-18(20,21)17-11-15(22-7-9-24(17)10-8-23-17)14-6-5-12-3-1-2-4-13(12)16(14)25/h1-6,23,25H,7-11H2. The number of phenols is 1. The molecule has 2 aliphatic rings. The lowest BCUT2D eigenvalue weighted by Gasteiger charge is -2.38. The van der Waals surface area contributed by atoms with Crippen molar-refractivity contribution in [2.45, 2.75) is 18.3 Å². The second-order valence-electron chi connectivity index (χ2n) is 6.46. The summed E-state index contributed by atoms with van der Waals surface area (Å²) in [6, 6.07) is 10.7. The van der Waals surface area contributed by atoms with Crippen LogP contribution in [-0.4, -0.2) is 53.7 Å². The number of halogens is 3. The van der Waals surface area contributed by atoms with E-state index in [0.717, 1.165) is 5.39 Å². The monoisotopic (exact) mass is 349 g/mol. The molecule has 1 unspecified atom stereocenters. The fraction of sp³-hybridized carbons (Fsp3) is 0.389. The van der Waals surface area contributed by atoms with Gasteiger partial charge in [-0.15, -0.1) is 0 Å². The molecular weight excluding hydrogens is 331 g/mol. The van der Waals surface area contributed by atoms with Crippen LogP contribution in [0.4, 0.5) is 13.2 Å². The number of fused-ring (bicyclic) bond motifs is 2. The lowest BCUT2D eigenvalue weighted by Crippen LogP contribution is -2.62. The molecule has 0 bridgehead atoms. The lowest BCUT2D eigenvalue weighted by atomic mass is 9.94. The van der Waals surface area contributed by atoms with Crippen LogP contribution in [0.15, 0.2) is 41.4 Å². The topological polar surface area (TPSA) is 47.9 Å². The van der Waals surface area contributed by atoms with Crippen LogP contribution in [0, 0.1) is 0 Å². The van der Waals surface area contributed by atoms with Crippen molar-refractivity contribution in [1.29, 1.82) is 0 Å². The maximum atomic E-state index is 13.9. The highest BCUT2D eigenvalue weighted by atomic mass is 19.4. The van der Waals surface area contributed by atoms with Crippen molar-refractivity contribution < 1.29 is 18.3 Å². The second-order valence-corrected chi connectivity index (χ2v) is 6.46. The molecule has 0 spiro atoms. The summed E-state index contributed by atoms with van der Waals surface area (Å²) >= 11 is 0. The summed E-state index contributed by atoms with van der Waals surface area (Å²) in [6.07, 6.45) is -4.75. The van der Waals surface area contributed by atoms with Gasteiger partial charge < -0.3 is 5.11 Å². The Morgan fingerprint density at radius 2 is 1.92 bits per heavy atom. The quantitative estimate of drug-likeness (QED) is 0.832. The summed E-state index contributed by atoms with van der Waals surface area (Å²) in [4.78, 5) is 5.80. The molecule has 2 aliphatic heterocycles. The van der Waals surface area contributed by atoms with Gasteiger partial charge in [-0.05, 0) is 11.5 Å². The molecule has 0 saturated carbocycles. The number of hydrogen-bond acceptors (Lipinski definition) is 4. The first-order valence-electron chi connectivity index (χ1n) is 8.24. The molecule has 132 valence electrons. The summed E-state index contributed by atoms with van der Waals surface area (Å²) in [5.74, 6) is -0.0133. The Balaban J connectivity index is 1.81. The zero-order valence-corrected chi connectivity index (χ0v) is 13.5. The maximum absolute atomic E-state index is 13.9. The summed E-state index contributed by atoms with van der Waals surface area (Å²) in [5, 5.41) is 14.7. The molecular formula is C18H18F3N3O. The number of aliphatic imine (C=N–C) groups is 1. The molecule has 0 aliphatic carbocycles. The van der Waals surface area contributed by atoms with Gasteiger partial charge in [-0.2, -0.15) is 13.2 Å². The molecule has 2 N–H and O–H groups in total. The smallest absolute Gasteiger partial charge is 0.420 e. The number of benzene rings is 2. The van der Waals surface area contributed by atoms with Gasteiger partial charge in [0, 0.05) is 42.7 Å². The Morgan fingerprint density at radius 3 is 2.72 bits per heavy atom. The van der Waals surface area contributed by atoms with E-state index in [9.17, 15) is 18.3 Å². The fourth-order valence-electron chi connectivity index (χ4n) is 3.83. The van der Waals surface area contributed by atoms with E-state index in [1.807, 2.05) is 12.1 Å². The van der Waals surface area contributed by atoms with Gasteiger partial charge in [0.05, 0.1) is 6.54 Å². The van der Waals surface area contributed by atoms with Crippen molar-refractivity contribution in [1.82, 2.24) is 10.2 Å². The van der Waals surface area contributed by atoms with Gasteiger partial charge in [-0.1, -0.05) is 30.3 Å². The first-order valence-corrected chi connectivity index (χ1v) is 8.24. The van der Waals surface area contributed by atoms with Gasteiger partial charge in [-0.25, -0.2) is 0 Å². The molecule has 1 fully saturated rings. The molecule has 2 aromatic carbocycles. The summed E-state index contributed by atoms with van der Waals surface area (Å²) < 4.78 is 41.7. The van der Waals surface area contributed by atoms with Crippen molar-refractivity contribution >= 4 is 16.5 Å². The predicted molar refractivity (Wildman–Crippen MR) is 90.0 cm³/mol. The fourth-order valence-corrected chi connectivity index (χ4v) is 3.83. The van der Waals surface area contributed by atoms with Crippen molar-refractivity contribution in [2.75, 3.05) is 26.2 Å². The van der Waals surface area contributed by atoms with E-state index < -0.39 is 11.8 Å². The largest absolute Gasteiger partial charge is 0.507 e. The lowest BCUT2D eigenvalue weighted by molar-refractivity contribution is -0.227. The highest BCUT2D eigenvalue weighted by Crippen LogP contribution is 2.41. The number of aromatic hydroxyl groups is 1. The van der Waals surface area contributed by atoms with Crippen LogP contribution in [0.3, 0.4) is 0 Å².